The summed E-state index contributed by atoms with van der Waals surface area (Å²) in [4.78, 5) is 16.4. The largest absolute Gasteiger partial charge is 0.421 e. The van der Waals surface area contributed by atoms with Gasteiger partial charge in [0.15, 0.2) is 5.75 Å². The molecule has 0 unspecified atom stereocenters. The van der Waals surface area contributed by atoms with E-state index in [1.54, 1.807) is 30.5 Å². The summed E-state index contributed by atoms with van der Waals surface area (Å²) in [5.41, 5.74) is 2.13. The maximum Gasteiger partial charge on any atom is 0.343 e. The van der Waals surface area contributed by atoms with Crippen molar-refractivity contribution in [3.63, 3.8) is 0 Å². The second kappa shape index (κ2) is 5.59. The SMILES string of the molecule is C=Cc1ccc(C(=O)Oc2cccc3cccnc23)cc1. The van der Waals surface area contributed by atoms with Gasteiger partial charge < -0.3 is 4.74 Å². The average molecular weight is 275 g/mol. The van der Waals surface area contributed by atoms with Crippen LogP contribution in [0.2, 0.25) is 0 Å². The van der Waals surface area contributed by atoms with Crippen LogP contribution in [0.15, 0.2) is 67.4 Å². The summed E-state index contributed by atoms with van der Waals surface area (Å²) in [6.45, 7) is 3.68. The fourth-order valence-corrected chi connectivity index (χ4v) is 2.07. The molecule has 3 heteroatoms. The number of fused-ring (bicyclic) bond motifs is 1. The lowest BCUT2D eigenvalue weighted by atomic mass is 10.1. The molecule has 0 aliphatic carbocycles. The van der Waals surface area contributed by atoms with Gasteiger partial charge in [-0.15, -0.1) is 0 Å². The molecule has 0 aliphatic heterocycles. The van der Waals surface area contributed by atoms with Gasteiger partial charge in [0.05, 0.1) is 5.56 Å². The number of rotatable bonds is 3. The molecule has 0 atom stereocenters. The number of para-hydroxylation sites is 1. The van der Waals surface area contributed by atoms with Crippen molar-refractivity contribution in [1.82, 2.24) is 4.98 Å². The molecule has 0 bridgehead atoms. The molecule has 0 fully saturated rings. The van der Waals surface area contributed by atoms with Crippen LogP contribution in [0.25, 0.3) is 17.0 Å². The molecule has 1 heterocycles. The highest BCUT2D eigenvalue weighted by molar-refractivity contribution is 5.94. The number of benzene rings is 2. The van der Waals surface area contributed by atoms with E-state index in [1.165, 1.54) is 0 Å². The number of hydrogen-bond donors (Lipinski definition) is 0. The lowest BCUT2D eigenvalue weighted by molar-refractivity contribution is 0.0737. The Labute approximate surface area is 122 Å². The fourth-order valence-electron chi connectivity index (χ4n) is 2.07. The van der Waals surface area contributed by atoms with Gasteiger partial charge in [-0.3, -0.25) is 4.98 Å². The van der Waals surface area contributed by atoms with Gasteiger partial charge in [0.1, 0.15) is 5.52 Å². The van der Waals surface area contributed by atoms with Crippen molar-refractivity contribution < 1.29 is 9.53 Å². The minimum Gasteiger partial charge on any atom is -0.421 e. The third-order valence-electron chi connectivity index (χ3n) is 3.18. The minimum absolute atomic E-state index is 0.399. The molecule has 21 heavy (non-hydrogen) atoms. The number of carbonyl (C=O) groups excluding carboxylic acids is 1. The summed E-state index contributed by atoms with van der Waals surface area (Å²) in [6.07, 6.45) is 3.41. The second-order valence-electron chi connectivity index (χ2n) is 4.55. The van der Waals surface area contributed by atoms with Gasteiger partial charge in [-0.05, 0) is 29.8 Å². The van der Waals surface area contributed by atoms with Crippen molar-refractivity contribution in [2.24, 2.45) is 0 Å². The highest BCUT2D eigenvalue weighted by Crippen LogP contribution is 2.23. The monoisotopic (exact) mass is 275 g/mol. The lowest BCUT2D eigenvalue weighted by Crippen LogP contribution is -2.08. The number of pyridine rings is 1. The third-order valence-corrected chi connectivity index (χ3v) is 3.18. The molecular weight excluding hydrogens is 262 g/mol. The first-order valence-electron chi connectivity index (χ1n) is 6.56. The standard InChI is InChI=1S/C18H13NO2/c1-2-13-8-10-15(11-9-13)18(20)21-16-7-3-5-14-6-4-12-19-17(14)16/h2-12H,1H2. The van der Waals surface area contributed by atoms with Crippen molar-refractivity contribution in [3.05, 3.63) is 78.5 Å². The van der Waals surface area contributed by atoms with E-state index in [1.807, 2.05) is 36.4 Å². The first-order chi connectivity index (χ1) is 10.3. The molecule has 3 aromatic rings. The predicted octanol–water partition coefficient (Wildman–Crippen LogP) is 4.10. The Morgan fingerprint density at radius 1 is 1.05 bits per heavy atom. The van der Waals surface area contributed by atoms with Crippen LogP contribution in [0, 0.1) is 0 Å². The van der Waals surface area contributed by atoms with Crippen LogP contribution in [-0.4, -0.2) is 11.0 Å². The first-order valence-corrected chi connectivity index (χ1v) is 6.56. The van der Waals surface area contributed by atoms with E-state index in [0.29, 0.717) is 16.8 Å². The maximum atomic E-state index is 12.2. The molecule has 0 saturated carbocycles. The Morgan fingerprint density at radius 3 is 2.57 bits per heavy atom. The summed E-state index contributed by atoms with van der Waals surface area (Å²) >= 11 is 0. The number of nitrogens with zero attached hydrogens (tertiary/aromatic N) is 1. The zero-order valence-corrected chi connectivity index (χ0v) is 11.3. The van der Waals surface area contributed by atoms with Gasteiger partial charge in [0.2, 0.25) is 0 Å². The van der Waals surface area contributed by atoms with Crippen LogP contribution in [0.1, 0.15) is 15.9 Å². The molecular formula is C18H13NO2. The third kappa shape index (κ3) is 2.67. The maximum absolute atomic E-state index is 12.2. The van der Waals surface area contributed by atoms with Crippen molar-refractivity contribution in [1.29, 1.82) is 0 Å². The van der Waals surface area contributed by atoms with Crippen molar-refractivity contribution in [3.8, 4) is 5.75 Å². The van der Waals surface area contributed by atoms with E-state index in [9.17, 15) is 4.79 Å². The molecule has 0 saturated heterocycles. The van der Waals surface area contributed by atoms with Gasteiger partial charge in [0, 0.05) is 11.6 Å². The fraction of sp³-hybridized carbons (Fsp3) is 0. The van der Waals surface area contributed by atoms with Crippen LogP contribution in [0.3, 0.4) is 0 Å². The molecule has 102 valence electrons. The molecule has 3 rings (SSSR count). The van der Waals surface area contributed by atoms with E-state index in [2.05, 4.69) is 11.6 Å². The Kier molecular flexibility index (Phi) is 3.48. The van der Waals surface area contributed by atoms with Crippen LogP contribution >= 0.6 is 0 Å². The minimum atomic E-state index is -0.399. The summed E-state index contributed by atoms with van der Waals surface area (Å²) in [7, 11) is 0. The molecule has 0 N–H and O–H groups in total. The van der Waals surface area contributed by atoms with Gasteiger partial charge in [-0.25, -0.2) is 4.79 Å². The van der Waals surface area contributed by atoms with Gasteiger partial charge >= 0.3 is 5.97 Å². The van der Waals surface area contributed by atoms with Crippen LogP contribution in [0.5, 0.6) is 5.75 Å². The Balaban J connectivity index is 1.90. The number of aromatic nitrogens is 1. The van der Waals surface area contributed by atoms with Crippen LogP contribution in [-0.2, 0) is 0 Å². The van der Waals surface area contributed by atoms with E-state index in [4.69, 9.17) is 4.74 Å². The number of ether oxygens (including phenoxy) is 1. The predicted molar refractivity (Wildman–Crippen MR) is 83.2 cm³/mol. The lowest BCUT2D eigenvalue weighted by Gasteiger charge is -2.07. The van der Waals surface area contributed by atoms with Crippen LogP contribution in [0.4, 0.5) is 0 Å². The number of carbonyl (C=O) groups is 1. The smallest absolute Gasteiger partial charge is 0.343 e. The molecule has 2 aromatic carbocycles. The summed E-state index contributed by atoms with van der Waals surface area (Å²) in [6, 6.07) is 16.4. The summed E-state index contributed by atoms with van der Waals surface area (Å²) < 4.78 is 5.46. The zero-order valence-electron chi connectivity index (χ0n) is 11.3. The van der Waals surface area contributed by atoms with Crippen LogP contribution < -0.4 is 4.74 Å². The summed E-state index contributed by atoms with van der Waals surface area (Å²) in [5, 5.41) is 0.935. The molecule has 0 spiro atoms. The second-order valence-corrected chi connectivity index (χ2v) is 4.55. The molecule has 0 radical (unpaired) electrons. The Morgan fingerprint density at radius 2 is 1.81 bits per heavy atom. The number of hydrogen-bond acceptors (Lipinski definition) is 3. The Bertz CT molecular complexity index is 802. The first kappa shape index (κ1) is 13.1. The quantitative estimate of drug-likeness (QED) is 0.533. The summed E-state index contributed by atoms with van der Waals surface area (Å²) in [5.74, 6) is 0.0645. The topological polar surface area (TPSA) is 39.2 Å². The normalized spacial score (nSPS) is 10.3. The van der Waals surface area contributed by atoms with E-state index in [0.717, 1.165) is 10.9 Å². The van der Waals surface area contributed by atoms with Crippen molar-refractivity contribution in [2.45, 2.75) is 0 Å². The van der Waals surface area contributed by atoms with Gasteiger partial charge in [-0.1, -0.05) is 43.0 Å². The number of esters is 1. The molecule has 1 aromatic heterocycles. The van der Waals surface area contributed by atoms with E-state index in [-0.39, 0.29) is 0 Å². The van der Waals surface area contributed by atoms with E-state index < -0.39 is 5.97 Å². The van der Waals surface area contributed by atoms with E-state index >= 15 is 0 Å². The molecule has 0 amide bonds. The van der Waals surface area contributed by atoms with Gasteiger partial charge in [0.25, 0.3) is 0 Å². The highest BCUT2D eigenvalue weighted by atomic mass is 16.5. The van der Waals surface area contributed by atoms with Crippen molar-refractivity contribution >= 4 is 22.9 Å². The Hall–Kier alpha value is -2.94. The molecule has 0 aliphatic rings. The average Bonchev–Trinajstić information content (AvgIpc) is 2.55. The molecule has 3 nitrogen and oxygen atoms in total. The van der Waals surface area contributed by atoms with Gasteiger partial charge in [-0.2, -0.15) is 0 Å². The zero-order chi connectivity index (χ0) is 14.7. The van der Waals surface area contributed by atoms with Crippen molar-refractivity contribution in [2.75, 3.05) is 0 Å². The highest BCUT2D eigenvalue weighted by Gasteiger charge is 2.11.